The number of carbonyl (C=O) groups excluding carboxylic acids is 1. The molecule has 0 saturated carbocycles. The van der Waals surface area contributed by atoms with E-state index in [4.69, 9.17) is 0 Å². The first-order valence-electron chi connectivity index (χ1n) is 16.8. The number of carboxylic acids is 1. The number of aromatic nitrogens is 2. The number of halogens is 5. The number of likely N-dealkylation sites (tertiary alicyclic amines) is 1. The van der Waals surface area contributed by atoms with E-state index in [1.807, 2.05) is 0 Å². The van der Waals surface area contributed by atoms with Crippen molar-refractivity contribution in [3.63, 3.8) is 0 Å². The molecule has 0 aliphatic carbocycles. The fraction of sp³-hybridized carbons (Fsp3) is 0.500. The number of rotatable bonds is 6. The second kappa shape index (κ2) is 15.2. The molecule has 2 aliphatic rings. The summed E-state index contributed by atoms with van der Waals surface area (Å²) in [5, 5.41) is 12.3. The number of aliphatic carboxylic acids is 1. The minimum atomic E-state index is -5.17. The van der Waals surface area contributed by atoms with Gasteiger partial charge in [0.25, 0.3) is 0 Å². The van der Waals surface area contributed by atoms with Crippen molar-refractivity contribution in [1.82, 2.24) is 19.8 Å². The molecule has 49 heavy (non-hydrogen) atoms. The van der Waals surface area contributed by atoms with Crippen LogP contribution in [0.5, 0.6) is 0 Å². The summed E-state index contributed by atoms with van der Waals surface area (Å²) in [6.07, 6.45) is 0.939. The van der Waals surface area contributed by atoms with Gasteiger partial charge < -0.3 is 15.3 Å². The Morgan fingerprint density at radius 1 is 1.00 bits per heavy atom. The minimum Gasteiger partial charge on any atom is -0.481 e. The number of benzene rings is 2. The van der Waals surface area contributed by atoms with Crippen LogP contribution in [-0.4, -0.2) is 51.1 Å². The molecule has 0 radical (unpaired) electrons. The third-order valence-corrected chi connectivity index (χ3v) is 9.60. The second-order valence-corrected chi connectivity index (χ2v) is 13.1. The summed E-state index contributed by atoms with van der Waals surface area (Å²) in [5.74, 6) is -4.60. The highest BCUT2D eigenvalue weighted by Gasteiger charge is 2.38. The molecule has 13 heteroatoms. The zero-order valence-electron chi connectivity index (χ0n) is 27.6. The van der Waals surface area contributed by atoms with Gasteiger partial charge >= 0.3 is 17.8 Å². The number of nitrogens with zero attached hydrogens (tertiary/aromatic N) is 3. The lowest BCUT2D eigenvalue weighted by Crippen LogP contribution is -2.41. The molecule has 5 rings (SSSR count). The van der Waals surface area contributed by atoms with Gasteiger partial charge in [-0.1, -0.05) is 25.7 Å². The summed E-state index contributed by atoms with van der Waals surface area (Å²) < 4.78 is 74.7. The highest BCUT2D eigenvalue weighted by Crippen LogP contribution is 2.40. The number of alkyl halides is 3. The molecule has 3 heterocycles. The maximum atomic E-state index is 15.9. The number of carbonyl (C=O) groups is 2. The largest absolute Gasteiger partial charge is 0.481 e. The van der Waals surface area contributed by atoms with Gasteiger partial charge in [0, 0.05) is 24.0 Å². The summed E-state index contributed by atoms with van der Waals surface area (Å²) in [5.41, 5.74) is -0.727. The first-order valence-corrected chi connectivity index (χ1v) is 16.8. The molecule has 2 aliphatic heterocycles. The Labute approximate surface area is 281 Å². The SMILES string of the molecule is Cc1cc(F)cc2c1-c1cc(c(F)c(C(F)(F)F)c1)[C@H](CC(=O)O)NC(=O)[C@@H](n1cc(CCN3CCC3)c(C)nc1=O)CCCCCCC2. The van der Waals surface area contributed by atoms with Crippen LogP contribution in [0.25, 0.3) is 11.1 Å². The lowest BCUT2D eigenvalue weighted by molar-refractivity contribution is -0.140. The highest BCUT2D eigenvalue weighted by molar-refractivity contribution is 5.82. The Balaban J connectivity index is 1.63. The van der Waals surface area contributed by atoms with E-state index in [9.17, 15) is 37.1 Å². The Kier molecular flexibility index (Phi) is 11.2. The molecule has 0 unspecified atom stereocenters. The van der Waals surface area contributed by atoms with Crippen LogP contribution >= 0.6 is 0 Å². The molecule has 1 fully saturated rings. The third-order valence-electron chi connectivity index (χ3n) is 9.60. The summed E-state index contributed by atoms with van der Waals surface area (Å²) in [4.78, 5) is 45.8. The van der Waals surface area contributed by atoms with Crippen LogP contribution in [0.3, 0.4) is 0 Å². The monoisotopic (exact) mass is 688 g/mol. The molecule has 2 bridgehead atoms. The van der Waals surface area contributed by atoms with E-state index in [2.05, 4.69) is 15.2 Å². The van der Waals surface area contributed by atoms with Gasteiger partial charge in [-0.25, -0.2) is 13.6 Å². The van der Waals surface area contributed by atoms with Crippen LogP contribution in [0, 0.1) is 25.5 Å². The van der Waals surface area contributed by atoms with Crippen molar-refractivity contribution in [2.45, 2.75) is 96.3 Å². The predicted octanol–water partition coefficient (Wildman–Crippen LogP) is 6.84. The van der Waals surface area contributed by atoms with Crippen molar-refractivity contribution < 1.29 is 36.6 Å². The topological polar surface area (TPSA) is 105 Å². The summed E-state index contributed by atoms with van der Waals surface area (Å²) in [6.45, 7) is 5.94. The molecule has 2 N–H and O–H groups in total. The average molecular weight is 689 g/mol. The van der Waals surface area contributed by atoms with Gasteiger partial charge in [0.05, 0.1) is 18.0 Å². The van der Waals surface area contributed by atoms with E-state index >= 15 is 4.39 Å². The van der Waals surface area contributed by atoms with Crippen LogP contribution < -0.4 is 11.0 Å². The van der Waals surface area contributed by atoms with E-state index in [1.165, 1.54) is 16.7 Å². The van der Waals surface area contributed by atoms with Crippen LogP contribution in [0.1, 0.15) is 97.0 Å². The fourth-order valence-corrected chi connectivity index (χ4v) is 6.88. The van der Waals surface area contributed by atoms with Crippen molar-refractivity contribution in [3.05, 3.63) is 86.1 Å². The minimum absolute atomic E-state index is 0.0738. The average Bonchev–Trinajstić information content (AvgIpc) is 2.97. The normalized spacial score (nSPS) is 19.5. The van der Waals surface area contributed by atoms with Gasteiger partial charge in [-0.05, 0) is 111 Å². The number of fused-ring (bicyclic) bond motifs is 4. The molecule has 0 spiro atoms. The molecule has 264 valence electrons. The number of aryl methyl sites for hydroxylation is 3. The van der Waals surface area contributed by atoms with E-state index in [-0.39, 0.29) is 12.0 Å². The van der Waals surface area contributed by atoms with Gasteiger partial charge in [-0.2, -0.15) is 18.2 Å². The number of hydrogen-bond donors (Lipinski definition) is 2. The Hall–Kier alpha value is -4.13. The molecule has 1 saturated heterocycles. The van der Waals surface area contributed by atoms with Crippen LogP contribution in [-0.2, 0) is 28.6 Å². The first kappa shape index (κ1) is 36.2. The standard InChI is InChI=1S/C36H41F5N4O4/c1-21-15-26(37)16-23-9-6-4-3-5-7-10-30(45-20-24(22(2)42-35(45)49)11-14-44-12-8-13-44)34(48)43-29(19-31(46)47)27-17-25(32(21)23)18-28(33(27)38)36(39,40)41/h15-18,20,29-30H,3-14,19H2,1-2H3,(H,43,48)(H,46,47)/t29-,30-/m0/s1. The molecule has 1 amide bonds. The van der Waals surface area contributed by atoms with Gasteiger partial charge in [0.2, 0.25) is 5.91 Å². The van der Waals surface area contributed by atoms with E-state index in [0.29, 0.717) is 60.6 Å². The summed E-state index contributed by atoms with van der Waals surface area (Å²) in [6, 6.07) is 1.29. The third kappa shape index (κ3) is 8.55. The van der Waals surface area contributed by atoms with Gasteiger partial charge in [0.1, 0.15) is 17.7 Å². The second-order valence-electron chi connectivity index (χ2n) is 13.1. The van der Waals surface area contributed by atoms with E-state index in [0.717, 1.165) is 50.5 Å². The smallest absolute Gasteiger partial charge is 0.419 e. The molecule has 1 aromatic heterocycles. The highest BCUT2D eigenvalue weighted by atomic mass is 19.4. The maximum Gasteiger partial charge on any atom is 0.419 e. The van der Waals surface area contributed by atoms with Gasteiger partial charge in [0.15, 0.2) is 0 Å². The lowest BCUT2D eigenvalue weighted by atomic mass is 9.87. The predicted molar refractivity (Wildman–Crippen MR) is 173 cm³/mol. The Bertz CT molecular complexity index is 1770. The number of nitrogens with one attached hydrogen (secondary N) is 1. The van der Waals surface area contributed by atoms with Crippen molar-refractivity contribution in [3.8, 4) is 11.1 Å². The Morgan fingerprint density at radius 3 is 2.39 bits per heavy atom. The van der Waals surface area contributed by atoms with Crippen molar-refractivity contribution in [1.29, 1.82) is 0 Å². The molecule has 8 nitrogen and oxygen atoms in total. The number of amides is 1. The zero-order chi connectivity index (χ0) is 35.5. The van der Waals surface area contributed by atoms with Crippen LogP contribution in [0.4, 0.5) is 22.0 Å². The molecule has 3 aromatic rings. The van der Waals surface area contributed by atoms with Crippen LogP contribution in [0.15, 0.2) is 35.3 Å². The van der Waals surface area contributed by atoms with E-state index < -0.39 is 65.0 Å². The van der Waals surface area contributed by atoms with Crippen molar-refractivity contribution >= 4 is 11.9 Å². The number of carboxylic acid groups (broad SMARTS) is 1. The van der Waals surface area contributed by atoms with Crippen LogP contribution in [0.2, 0.25) is 0 Å². The Morgan fingerprint density at radius 2 is 1.71 bits per heavy atom. The molecular formula is C36H41F5N4O4. The fourth-order valence-electron chi connectivity index (χ4n) is 6.88. The van der Waals surface area contributed by atoms with Crippen molar-refractivity contribution in [2.24, 2.45) is 0 Å². The summed E-state index contributed by atoms with van der Waals surface area (Å²) >= 11 is 0. The zero-order valence-corrected chi connectivity index (χ0v) is 27.6. The van der Waals surface area contributed by atoms with Gasteiger partial charge in [-0.3, -0.25) is 14.2 Å². The lowest BCUT2D eigenvalue weighted by Gasteiger charge is -2.31. The molecular weight excluding hydrogens is 647 g/mol. The van der Waals surface area contributed by atoms with Gasteiger partial charge in [-0.15, -0.1) is 0 Å². The summed E-state index contributed by atoms with van der Waals surface area (Å²) in [7, 11) is 0. The quantitative estimate of drug-likeness (QED) is 0.275. The maximum absolute atomic E-state index is 15.9. The van der Waals surface area contributed by atoms with E-state index in [1.54, 1.807) is 20.0 Å². The number of hydrogen-bond acceptors (Lipinski definition) is 5. The molecule has 2 atom stereocenters. The van der Waals surface area contributed by atoms with Crippen molar-refractivity contribution in [2.75, 3.05) is 19.6 Å². The first-order chi connectivity index (χ1) is 23.2. The molecule has 2 aromatic carbocycles.